The molecule has 0 aromatic heterocycles. The fraction of sp³-hybridized carbons (Fsp3) is 0.800. The van der Waals surface area contributed by atoms with E-state index in [9.17, 15) is 14.4 Å². The first-order valence-electron chi connectivity index (χ1n) is 12.6. The van der Waals surface area contributed by atoms with Crippen LogP contribution < -0.4 is 5.32 Å². The minimum atomic E-state index is -0.576. The maximum Gasteiger partial charge on any atom is 0.310 e. The highest BCUT2D eigenvalue weighted by Gasteiger charge is 2.57. The van der Waals surface area contributed by atoms with E-state index in [1.165, 1.54) is 6.42 Å². The Morgan fingerprint density at radius 3 is 2.53 bits per heavy atom. The van der Waals surface area contributed by atoms with Crippen LogP contribution in [-0.4, -0.2) is 59.6 Å². The van der Waals surface area contributed by atoms with Crippen LogP contribution in [0.4, 0.5) is 0 Å². The van der Waals surface area contributed by atoms with E-state index in [0.717, 1.165) is 51.4 Å². The first kappa shape index (κ1) is 24.7. The van der Waals surface area contributed by atoms with Gasteiger partial charge < -0.3 is 20.1 Å². The second-order valence-corrected chi connectivity index (χ2v) is 9.58. The summed E-state index contributed by atoms with van der Waals surface area (Å²) in [6.07, 6.45) is 12.7. The summed E-state index contributed by atoms with van der Waals surface area (Å²) in [5.41, 5.74) is 0. The van der Waals surface area contributed by atoms with Gasteiger partial charge in [0, 0.05) is 25.1 Å². The van der Waals surface area contributed by atoms with Gasteiger partial charge in [-0.1, -0.05) is 51.2 Å². The van der Waals surface area contributed by atoms with E-state index in [4.69, 9.17) is 9.84 Å². The monoisotopic (exact) mass is 448 g/mol. The van der Waals surface area contributed by atoms with Crippen molar-refractivity contribution in [3.05, 3.63) is 12.2 Å². The first-order chi connectivity index (χ1) is 15.5. The van der Waals surface area contributed by atoms with Gasteiger partial charge in [-0.3, -0.25) is 14.4 Å². The van der Waals surface area contributed by atoms with Crippen LogP contribution in [0.1, 0.15) is 71.6 Å². The lowest BCUT2D eigenvalue weighted by Gasteiger charge is -2.33. The lowest BCUT2D eigenvalue weighted by Crippen LogP contribution is -2.50. The van der Waals surface area contributed by atoms with Crippen molar-refractivity contribution >= 4 is 17.8 Å². The second-order valence-electron chi connectivity index (χ2n) is 9.58. The van der Waals surface area contributed by atoms with Gasteiger partial charge >= 0.3 is 5.97 Å². The van der Waals surface area contributed by atoms with Crippen LogP contribution in [0.15, 0.2) is 12.2 Å². The molecule has 0 spiro atoms. The van der Waals surface area contributed by atoms with E-state index < -0.39 is 17.9 Å². The zero-order chi connectivity index (χ0) is 23.1. The Morgan fingerprint density at radius 2 is 1.84 bits per heavy atom. The molecule has 3 aliphatic rings. The average molecular weight is 449 g/mol. The number of esters is 1. The Hall–Kier alpha value is -1.89. The molecular formula is C25H40N2O5. The van der Waals surface area contributed by atoms with Crippen LogP contribution in [-0.2, 0) is 19.1 Å². The van der Waals surface area contributed by atoms with Crippen molar-refractivity contribution in [3.63, 3.8) is 0 Å². The largest absolute Gasteiger partial charge is 0.466 e. The summed E-state index contributed by atoms with van der Waals surface area (Å²) in [6, 6.07) is -0.405. The molecular weight excluding hydrogens is 408 g/mol. The molecule has 1 saturated heterocycles. The summed E-state index contributed by atoms with van der Waals surface area (Å²) in [4.78, 5) is 41.6. The predicted molar refractivity (Wildman–Crippen MR) is 121 cm³/mol. The van der Waals surface area contributed by atoms with E-state index in [2.05, 4.69) is 5.32 Å². The van der Waals surface area contributed by atoms with Gasteiger partial charge in [0.25, 0.3) is 0 Å². The Labute approximate surface area is 191 Å². The Balaban J connectivity index is 1.80. The van der Waals surface area contributed by atoms with Gasteiger partial charge in [-0.2, -0.15) is 0 Å². The maximum absolute atomic E-state index is 13.6. The lowest BCUT2D eigenvalue weighted by molar-refractivity contribution is -0.155. The van der Waals surface area contributed by atoms with Crippen molar-refractivity contribution in [1.29, 1.82) is 0 Å². The van der Waals surface area contributed by atoms with E-state index in [1.807, 2.05) is 19.1 Å². The molecule has 7 nitrogen and oxygen atoms in total. The molecule has 7 heteroatoms. The molecule has 0 bridgehead atoms. The first-order valence-corrected chi connectivity index (χ1v) is 12.6. The number of amides is 2. The Kier molecular flexibility index (Phi) is 9.14. The third kappa shape index (κ3) is 5.53. The topological polar surface area (TPSA) is 95.9 Å². The predicted octanol–water partition coefficient (Wildman–Crippen LogP) is 2.82. The van der Waals surface area contributed by atoms with Gasteiger partial charge in [-0.25, -0.2) is 0 Å². The molecule has 1 aliphatic heterocycles. The summed E-state index contributed by atoms with van der Waals surface area (Å²) >= 11 is 0. The fourth-order valence-corrected chi connectivity index (χ4v) is 5.71. The molecule has 180 valence electrons. The minimum Gasteiger partial charge on any atom is -0.466 e. The third-order valence-electron chi connectivity index (χ3n) is 7.36. The van der Waals surface area contributed by atoms with Gasteiger partial charge in [0.2, 0.25) is 11.8 Å². The zero-order valence-electron chi connectivity index (χ0n) is 19.6. The number of allylic oxidation sites excluding steroid dienone is 1. The van der Waals surface area contributed by atoms with Crippen molar-refractivity contribution in [1.82, 2.24) is 10.2 Å². The van der Waals surface area contributed by atoms with E-state index >= 15 is 0 Å². The number of fused-ring (bicyclic) bond motifs is 1. The number of hydrogen-bond donors (Lipinski definition) is 2. The number of hydrogen-bond acceptors (Lipinski definition) is 5. The molecule has 1 saturated carbocycles. The Morgan fingerprint density at radius 1 is 1.12 bits per heavy atom. The van der Waals surface area contributed by atoms with Crippen molar-refractivity contribution in [2.24, 2.45) is 23.7 Å². The van der Waals surface area contributed by atoms with Crippen LogP contribution in [0.5, 0.6) is 0 Å². The summed E-state index contributed by atoms with van der Waals surface area (Å²) in [5.74, 6) is -2.05. The standard InChI is InChI=1S/C25H40N2O5/c1-3-32-25(31)20-17(2)13-14-19-21(20)24(30)27(15-9-4-5-10-16-28)22(19)23(29)26-18-11-7-6-8-12-18/h13-14,17-22,28H,3-12,15-16H2,1-2H3,(H,26,29)/t17-,19+,20-,21-,22+/m1/s1. The van der Waals surface area contributed by atoms with Gasteiger partial charge in [0.15, 0.2) is 0 Å². The van der Waals surface area contributed by atoms with E-state index in [0.29, 0.717) is 6.54 Å². The van der Waals surface area contributed by atoms with Crippen molar-refractivity contribution in [3.8, 4) is 0 Å². The summed E-state index contributed by atoms with van der Waals surface area (Å²) < 4.78 is 5.32. The SMILES string of the molecule is CCOC(=O)[C@H]1[C@@H]2C(=O)N(CCCCCCO)[C@H](C(=O)NC3CCCCC3)[C@H]2C=C[C@H]1C. The highest BCUT2D eigenvalue weighted by atomic mass is 16.5. The fourth-order valence-electron chi connectivity index (χ4n) is 5.71. The number of aliphatic hydroxyl groups is 1. The van der Waals surface area contributed by atoms with Crippen molar-refractivity contribution in [2.45, 2.75) is 83.7 Å². The zero-order valence-corrected chi connectivity index (χ0v) is 19.6. The summed E-state index contributed by atoms with van der Waals surface area (Å²) in [7, 11) is 0. The highest BCUT2D eigenvalue weighted by molar-refractivity contribution is 5.96. The minimum absolute atomic E-state index is 0.0880. The summed E-state index contributed by atoms with van der Waals surface area (Å²) in [6.45, 7) is 4.66. The van der Waals surface area contributed by atoms with Gasteiger partial charge in [0.05, 0.1) is 18.4 Å². The molecule has 2 aliphatic carbocycles. The molecule has 2 N–H and O–H groups in total. The average Bonchev–Trinajstić information content (AvgIpc) is 3.06. The number of carbonyl (C=O) groups excluding carboxylic acids is 3. The van der Waals surface area contributed by atoms with Crippen molar-refractivity contribution in [2.75, 3.05) is 19.8 Å². The van der Waals surface area contributed by atoms with Crippen LogP contribution >= 0.6 is 0 Å². The molecule has 2 fully saturated rings. The van der Waals surface area contributed by atoms with Gasteiger partial charge in [-0.05, 0) is 38.5 Å². The van der Waals surface area contributed by atoms with Crippen LogP contribution in [0.2, 0.25) is 0 Å². The Bertz CT molecular complexity index is 688. The lowest BCUT2D eigenvalue weighted by atomic mass is 9.70. The maximum atomic E-state index is 13.6. The number of ether oxygens (including phenoxy) is 1. The highest BCUT2D eigenvalue weighted by Crippen LogP contribution is 2.44. The number of unbranched alkanes of at least 4 members (excludes halogenated alkanes) is 3. The summed E-state index contributed by atoms with van der Waals surface area (Å²) in [5, 5.41) is 12.2. The third-order valence-corrected chi connectivity index (χ3v) is 7.36. The molecule has 3 rings (SSSR count). The molecule has 0 aromatic rings. The normalized spacial score (nSPS) is 30.3. The van der Waals surface area contributed by atoms with E-state index in [1.54, 1.807) is 11.8 Å². The number of rotatable bonds is 10. The van der Waals surface area contributed by atoms with Gasteiger partial charge in [-0.15, -0.1) is 0 Å². The molecule has 0 aromatic carbocycles. The number of aliphatic hydroxyl groups excluding tert-OH is 1. The van der Waals surface area contributed by atoms with E-state index in [-0.39, 0.29) is 48.9 Å². The number of likely N-dealkylation sites (tertiary alicyclic amines) is 1. The number of nitrogens with zero attached hydrogens (tertiary/aromatic N) is 1. The molecule has 2 amide bonds. The number of carbonyl (C=O) groups is 3. The van der Waals surface area contributed by atoms with Gasteiger partial charge in [0.1, 0.15) is 6.04 Å². The van der Waals surface area contributed by atoms with Crippen LogP contribution in [0, 0.1) is 23.7 Å². The smallest absolute Gasteiger partial charge is 0.310 e. The van der Waals surface area contributed by atoms with Crippen molar-refractivity contribution < 1.29 is 24.2 Å². The second kappa shape index (κ2) is 11.8. The quantitative estimate of drug-likeness (QED) is 0.304. The molecule has 0 radical (unpaired) electrons. The molecule has 1 heterocycles. The number of nitrogens with one attached hydrogen (secondary N) is 1. The molecule has 0 unspecified atom stereocenters. The molecule has 32 heavy (non-hydrogen) atoms. The van der Waals surface area contributed by atoms with Crippen LogP contribution in [0.25, 0.3) is 0 Å². The van der Waals surface area contributed by atoms with Crippen LogP contribution in [0.3, 0.4) is 0 Å². The molecule has 5 atom stereocenters.